The van der Waals surface area contributed by atoms with Crippen LogP contribution in [0, 0.1) is 5.82 Å². The molecule has 2 amide bonds. The number of imidazole rings is 1. The highest BCUT2D eigenvalue weighted by molar-refractivity contribution is 8.00. The summed E-state index contributed by atoms with van der Waals surface area (Å²) in [4.78, 5) is 52.3. The van der Waals surface area contributed by atoms with Crippen LogP contribution in [0.3, 0.4) is 0 Å². The minimum absolute atomic E-state index is 0.0605. The van der Waals surface area contributed by atoms with Gasteiger partial charge in [0.05, 0.1) is 38.2 Å². The van der Waals surface area contributed by atoms with Crippen LogP contribution in [0.1, 0.15) is 12.8 Å². The van der Waals surface area contributed by atoms with E-state index in [2.05, 4.69) is 30.0 Å². The summed E-state index contributed by atoms with van der Waals surface area (Å²) in [6.45, 7) is 1.32. The number of carbonyl (C=O) groups is 2. The number of fused-ring (bicyclic) bond motifs is 2. The van der Waals surface area contributed by atoms with Crippen LogP contribution in [0.5, 0.6) is 11.8 Å². The van der Waals surface area contributed by atoms with Crippen molar-refractivity contribution in [3.05, 3.63) is 73.1 Å². The third-order valence-electron chi connectivity index (χ3n) is 6.93. The van der Waals surface area contributed by atoms with Gasteiger partial charge in [-0.15, -0.1) is 11.8 Å². The fourth-order valence-electron chi connectivity index (χ4n) is 4.58. The van der Waals surface area contributed by atoms with Crippen LogP contribution in [0.2, 0.25) is 10.2 Å². The largest absolute Gasteiger partial charge is 0.481 e. The van der Waals surface area contributed by atoms with Crippen molar-refractivity contribution in [1.82, 2.24) is 33.4 Å². The normalized spacial score (nSPS) is 12.8. The Morgan fingerprint density at radius 3 is 2.40 bits per heavy atom. The molecule has 52 heavy (non-hydrogen) atoms. The van der Waals surface area contributed by atoms with E-state index in [1.54, 1.807) is 27.6 Å². The molecule has 0 spiro atoms. The number of pyridine rings is 1. The van der Waals surface area contributed by atoms with Crippen molar-refractivity contribution in [2.24, 2.45) is 4.99 Å². The van der Waals surface area contributed by atoms with Crippen molar-refractivity contribution >= 4 is 85.6 Å². The van der Waals surface area contributed by atoms with E-state index in [-0.39, 0.29) is 49.2 Å². The fourth-order valence-corrected chi connectivity index (χ4v) is 8.12. The van der Waals surface area contributed by atoms with Crippen LogP contribution in [0.25, 0.3) is 5.65 Å². The molecule has 1 aromatic carbocycles. The molecule has 0 aliphatic carbocycles. The number of benzene rings is 1. The lowest BCUT2D eigenvalue weighted by Gasteiger charge is -2.15. The van der Waals surface area contributed by atoms with Gasteiger partial charge in [0, 0.05) is 24.2 Å². The summed E-state index contributed by atoms with van der Waals surface area (Å²) < 4.78 is 60.4. The van der Waals surface area contributed by atoms with E-state index in [0.29, 0.717) is 28.4 Å². The lowest BCUT2D eigenvalue weighted by atomic mass is 10.3. The molecule has 17 nitrogen and oxygen atoms in total. The summed E-state index contributed by atoms with van der Waals surface area (Å²) in [7, 11) is -0.312. The molecule has 5 heterocycles. The van der Waals surface area contributed by atoms with E-state index in [1.807, 2.05) is 4.72 Å². The number of methoxy groups -OCH3 is 3. The molecule has 0 saturated heterocycles. The number of amides is 2. The standard InChI is InChI=1S/C15H15ClFN3O3S2.C14H13ClN6O5S/c1-23-13(21)8-24-12-7-11(10(17)6-9(12)16)18-14-19-4-2-3-5-20(19)15(22)25-14;1-25-9-7-10(26-2)18-13(17-9)19-14(22)20-27(23,24)12-11(15)16-8-5-3-4-6-21(8)12/h6-7H,2-5,8H2,1H3;3-7H,1-2H3,(H2,17,18,19,20,22)/b18-14-;. The number of nitrogens with zero attached hydrogens (tertiary/aromatic N) is 7. The quantitative estimate of drug-likeness (QED) is 0.160. The second-order valence-electron chi connectivity index (χ2n) is 10.3. The third-order valence-corrected chi connectivity index (χ3v) is 11.0. The van der Waals surface area contributed by atoms with Crippen LogP contribution in [0.4, 0.5) is 20.8 Å². The van der Waals surface area contributed by atoms with Gasteiger partial charge in [-0.1, -0.05) is 29.3 Å². The first-order valence-electron chi connectivity index (χ1n) is 14.8. The van der Waals surface area contributed by atoms with Crippen molar-refractivity contribution in [3.63, 3.8) is 0 Å². The fraction of sp³-hybridized carbons (Fsp3) is 0.276. The Bertz CT molecular complexity index is 2360. The molecule has 1 aliphatic rings. The molecule has 0 fully saturated rings. The summed E-state index contributed by atoms with van der Waals surface area (Å²) in [6.07, 6.45) is 3.35. The zero-order valence-electron chi connectivity index (χ0n) is 27.3. The van der Waals surface area contributed by atoms with Gasteiger partial charge >= 0.3 is 16.9 Å². The Kier molecular flexibility index (Phi) is 12.4. The van der Waals surface area contributed by atoms with Crippen molar-refractivity contribution in [1.29, 1.82) is 0 Å². The van der Waals surface area contributed by atoms with Gasteiger partial charge in [-0.25, -0.2) is 28.6 Å². The minimum atomic E-state index is -4.34. The lowest BCUT2D eigenvalue weighted by Crippen LogP contribution is -2.35. The highest BCUT2D eigenvalue weighted by Crippen LogP contribution is 2.33. The number of carbonyl (C=O) groups excluding carboxylic acids is 2. The summed E-state index contributed by atoms with van der Waals surface area (Å²) in [5.74, 6) is -0.911. The molecule has 0 unspecified atom stereocenters. The molecular formula is C29H28Cl2FN9O8S3. The summed E-state index contributed by atoms with van der Waals surface area (Å²) in [5, 5.41) is 1.74. The topological polar surface area (TPSA) is 202 Å². The molecular weight excluding hydrogens is 788 g/mol. The van der Waals surface area contributed by atoms with E-state index in [1.165, 1.54) is 44.1 Å². The Labute approximate surface area is 312 Å². The number of hydrogen-bond donors (Lipinski definition) is 2. The molecule has 23 heteroatoms. The van der Waals surface area contributed by atoms with Gasteiger partial charge in [0.2, 0.25) is 22.5 Å². The maximum absolute atomic E-state index is 14.3. The first kappa shape index (κ1) is 38.5. The average molecular weight is 817 g/mol. The number of rotatable bonds is 9. The number of urea groups is 1. The zero-order valence-corrected chi connectivity index (χ0v) is 31.3. The van der Waals surface area contributed by atoms with Crippen molar-refractivity contribution in [2.45, 2.75) is 35.9 Å². The molecule has 0 saturated carbocycles. The van der Waals surface area contributed by atoms with Crippen molar-refractivity contribution in [2.75, 3.05) is 32.4 Å². The Morgan fingerprint density at radius 1 is 1.04 bits per heavy atom. The van der Waals surface area contributed by atoms with E-state index < -0.39 is 27.8 Å². The number of esters is 1. The van der Waals surface area contributed by atoms with Gasteiger partial charge in [0.25, 0.3) is 10.0 Å². The Hall–Kier alpha value is -4.70. The first-order valence-corrected chi connectivity index (χ1v) is 18.8. The number of sulfonamides is 1. The molecule has 0 radical (unpaired) electrons. The average Bonchev–Trinajstić information content (AvgIpc) is 3.63. The number of ether oxygens (including phenoxy) is 3. The van der Waals surface area contributed by atoms with Crippen LogP contribution in [-0.4, -0.2) is 76.2 Å². The smallest absolute Gasteiger partial charge is 0.335 e. The van der Waals surface area contributed by atoms with E-state index in [9.17, 15) is 27.2 Å². The van der Waals surface area contributed by atoms with E-state index >= 15 is 0 Å². The summed E-state index contributed by atoms with van der Waals surface area (Å²) in [5.41, 5.74) is 0.392. The van der Waals surface area contributed by atoms with Crippen LogP contribution in [-0.2, 0) is 32.6 Å². The molecule has 2 N–H and O–H groups in total. The van der Waals surface area contributed by atoms with Crippen LogP contribution >= 0.6 is 46.3 Å². The SMILES string of the molecule is COC(=O)CSc1cc(/N=c2\sc(=O)n3n2CCCC3)c(F)cc1Cl.COc1cc(OC)nc(NC(=O)NS(=O)(=O)c2c(Cl)nc3ccccn23)n1. The van der Waals surface area contributed by atoms with E-state index in [4.69, 9.17) is 32.7 Å². The maximum Gasteiger partial charge on any atom is 0.335 e. The zero-order chi connectivity index (χ0) is 37.6. The van der Waals surface area contributed by atoms with Gasteiger partial charge in [0.1, 0.15) is 17.2 Å². The number of aromatic nitrogens is 6. The monoisotopic (exact) mass is 815 g/mol. The van der Waals surface area contributed by atoms with Gasteiger partial charge < -0.3 is 14.2 Å². The predicted molar refractivity (Wildman–Crippen MR) is 190 cm³/mol. The van der Waals surface area contributed by atoms with Crippen molar-refractivity contribution < 1.29 is 36.6 Å². The van der Waals surface area contributed by atoms with Gasteiger partial charge in [-0.3, -0.25) is 24.0 Å². The summed E-state index contributed by atoms with van der Waals surface area (Å²) >= 11 is 14.1. The van der Waals surface area contributed by atoms with Crippen LogP contribution in [0.15, 0.2) is 62.3 Å². The minimum Gasteiger partial charge on any atom is -0.481 e. The number of thioether (sulfide) groups is 1. The third kappa shape index (κ3) is 9.02. The van der Waals surface area contributed by atoms with Crippen LogP contribution < -0.4 is 29.2 Å². The molecule has 4 aromatic heterocycles. The lowest BCUT2D eigenvalue weighted by molar-refractivity contribution is -0.137. The Balaban J connectivity index is 0.000000202. The van der Waals surface area contributed by atoms with Gasteiger partial charge in [-0.05, 0) is 48.4 Å². The molecule has 276 valence electrons. The highest BCUT2D eigenvalue weighted by atomic mass is 35.5. The number of halogens is 3. The second kappa shape index (κ2) is 16.8. The molecule has 5 aromatic rings. The second-order valence-corrected chi connectivity index (χ2v) is 14.6. The van der Waals surface area contributed by atoms with E-state index in [0.717, 1.165) is 42.0 Å². The maximum atomic E-state index is 14.3. The summed E-state index contributed by atoms with van der Waals surface area (Å²) in [6, 6.07) is 7.77. The molecule has 1 aliphatic heterocycles. The van der Waals surface area contributed by atoms with Crippen molar-refractivity contribution in [3.8, 4) is 11.8 Å². The number of hydrogen-bond acceptors (Lipinski definition) is 14. The molecule has 0 atom stereocenters. The number of nitrogens with one attached hydrogen (secondary N) is 2. The van der Waals surface area contributed by atoms with Gasteiger partial charge in [-0.2, -0.15) is 18.4 Å². The first-order chi connectivity index (χ1) is 24.8. The van der Waals surface area contributed by atoms with Gasteiger partial charge in [0.15, 0.2) is 10.2 Å². The Morgan fingerprint density at radius 2 is 1.73 bits per heavy atom. The molecule has 0 bridgehead atoms. The highest BCUT2D eigenvalue weighted by Gasteiger charge is 2.27. The number of anilines is 1. The molecule has 6 rings (SSSR count). The predicted octanol–water partition coefficient (Wildman–Crippen LogP) is 4.10.